The number of aliphatic hydroxyl groups is 1. The monoisotopic (exact) mass is 370 g/mol. The summed E-state index contributed by atoms with van der Waals surface area (Å²) in [7, 11) is 0. The van der Waals surface area contributed by atoms with E-state index in [2.05, 4.69) is 33.8 Å². The number of esters is 1. The lowest BCUT2D eigenvalue weighted by atomic mass is 9.53. The largest absolute Gasteiger partial charge is 0.458 e. The van der Waals surface area contributed by atoms with Crippen LogP contribution < -0.4 is 0 Å². The minimum Gasteiger partial charge on any atom is -0.458 e. The van der Waals surface area contributed by atoms with E-state index in [1.54, 1.807) is 0 Å². The molecular weight excluding hydrogens is 336 g/mol. The van der Waals surface area contributed by atoms with Crippen LogP contribution in [0.5, 0.6) is 0 Å². The van der Waals surface area contributed by atoms with Crippen molar-refractivity contribution in [2.75, 3.05) is 6.61 Å². The minimum atomic E-state index is -0.214. The molecule has 0 spiro atoms. The predicted octanol–water partition coefficient (Wildman–Crippen LogP) is 5.11. The molecule has 1 aromatic rings. The highest BCUT2D eigenvalue weighted by molar-refractivity contribution is 5.89. The van der Waals surface area contributed by atoms with Crippen molar-refractivity contribution in [3.05, 3.63) is 47.5 Å². The first-order valence-corrected chi connectivity index (χ1v) is 10.5. The van der Waals surface area contributed by atoms with Gasteiger partial charge in [0.2, 0.25) is 0 Å². The molecule has 0 radical (unpaired) electrons. The van der Waals surface area contributed by atoms with Crippen molar-refractivity contribution in [2.24, 2.45) is 35.5 Å². The first kappa shape index (κ1) is 20.1. The number of fused-ring (bicyclic) bond motifs is 1. The Morgan fingerprint density at radius 1 is 1.19 bits per heavy atom. The van der Waals surface area contributed by atoms with Gasteiger partial charge in [0, 0.05) is 6.61 Å². The molecule has 3 rings (SSSR count). The lowest BCUT2D eigenvalue weighted by Gasteiger charge is -2.53. The molecule has 2 aliphatic carbocycles. The molecule has 1 aromatic carbocycles. The molecule has 1 N–H and O–H groups in total. The minimum absolute atomic E-state index is 0.0396. The van der Waals surface area contributed by atoms with Gasteiger partial charge in [-0.05, 0) is 80.8 Å². The van der Waals surface area contributed by atoms with Crippen molar-refractivity contribution in [1.29, 1.82) is 0 Å². The molecule has 0 heterocycles. The molecule has 7 atom stereocenters. The van der Waals surface area contributed by atoms with Crippen molar-refractivity contribution >= 4 is 5.97 Å². The first-order valence-electron chi connectivity index (χ1n) is 10.5. The Balaban J connectivity index is 1.83. The van der Waals surface area contributed by atoms with Crippen LogP contribution in [0.3, 0.4) is 0 Å². The molecule has 0 bridgehead atoms. The smallest absolute Gasteiger partial charge is 0.338 e. The Bertz CT molecular complexity index is 665. The normalized spacial score (nSPS) is 36.8. The number of benzene rings is 1. The molecule has 0 aromatic heterocycles. The average Bonchev–Trinajstić information content (AvgIpc) is 2.69. The van der Waals surface area contributed by atoms with Crippen LogP contribution in [0.2, 0.25) is 0 Å². The van der Waals surface area contributed by atoms with Crippen molar-refractivity contribution in [1.82, 2.24) is 0 Å². The van der Waals surface area contributed by atoms with Crippen molar-refractivity contribution in [3.8, 4) is 0 Å². The highest BCUT2D eigenvalue weighted by Gasteiger charge is 2.50. The van der Waals surface area contributed by atoms with Gasteiger partial charge in [-0.2, -0.15) is 0 Å². The Morgan fingerprint density at radius 3 is 2.52 bits per heavy atom. The first-order chi connectivity index (χ1) is 13.0. The zero-order chi connectivity index (χ0) is 19.6. The van der Waals surface area contributed by atoms with Crippen LogP contribution in [0.15, 0.2) is 42.0 Å². The summed E-state index contributed by atoms with van der Waals surface area (Å²) in [5.74, 6) is 2.26. The molecule has 148 valence electrons. The summed E-state index contributed by atoms with van der Waals surface area (Å²) in [5.41, 5.74) is 2.01. The average molecular weight is 371 g/mol. The molecule has 27 heavy (non-hydrogen) atoms. The number of hydrogen-bond acceptors (Lipinski definition) is 3. The van der Waals surface area contributed by atoms with E-state index < -0.39 is 0 Å². The SMILES string of the molecule is C/C=C(/C)[C@H]1[C@@H](CO)[C@H]2[C@@H](C[C@@H]1C)[C@@H](OC(=O)c1ccccc1)CC[C@@H]2C. The maximum Gasteiger partial charge on any atom is 0.338 e. The van der Waals surface area contributed by atoms with Crippen LogP contribution in [0.25, 0.3) is 0 Å². The van der Waals surface area contributed by atoms with Crippen LogP contribution in [0, 0.1) is 35.5 Å². The fourth-order valence-electron chi connectivity index (χ4n) is 5.93. The van der Waals surface area contributed by atoms with Gasteiger partial charge >= 0.3 is 5.97 Å². The molecule has 0 aliphatic heterocycles. The van der Waals surface area contributed by atoms with Gasteiger partial charge in [-0.25, -0.2) is 4.79 Å². The van der Waals surface area contributed by atoms with Gasteiger partial charge in [0.25, 0.3) is 0 Å². The highest BCUT2D eigenvalue weighted by Crippen LogP contribution is 2.53. The third-order valence-electron chi connectivity index (χ3n) is 7.21. The van der Waals surface area contributed by atoms with Crippen LogP contribution in [-0.2, 0) is 4.74 Å². The molecule has 0 amide bonds. The van der Waals surface area contributed by atoms with Crippen LogP contribution in [-0.4, -0.2) is 23.8 Å². The second-order valence-electron chi connectivity index (χ2n) is 8.72. The standard InChI is InChI=1S/C24H34O3/c1-5-15(2)22-17(4)13-19-21(12-11-16(3)23(19)20(22)14-25)27-24(26)18-9-7-6-8-10-18/h5-10,16-17,19-23,25H,11-14H2,1-4H3/b15-5-/t16-,17-,19-,20+,21-,22+,23+/m0/s1. The van der Waals surface area contributed by atoms with E-state index in [0.717, 1.165) is 19.3 Å². The van der Waals surface area contributed by atoms with Gasteiger partial charge in [0.05, 0.1) is 5.56 Å². The molecule has 2 aliphatic rings. The van der Waals surface area contributed by atoms with Crippen molar-refractivity contribution in [2.45, 2.75) is 53.1 Å². The van der Waals surface area contributed by atoms with E-state index in [-0.39, 0.29) is 24.6 Å². The summed E-state index contributed by atoms with van der Waals surface area (Å²) in [5, 5.41) is 10.3. The van der Waals surface area contributed by atoms with E-state index in [1.165, 1.54) is 5.57 Å². The number of rotatable bonds is 4. The lowest BCUT2D eigenvalue weighted by Crippen LogP contribution is -2.51. The fourth-order valence-corrected chi connectivity index (χ4v) is 5.93. The zero-order valence-corrected chi connectivity index (χ0v) is 17.1. The second kappa shape index (κ2) is 8.60. The molecule has 2 fully saturated rings. The Labute approximate surface area is 163 Å². The lowest BCUT2D eigenvalue weighted by molar-refractivity contribution is -0.0933. The van der Waals surface area contributed by atoms with Gasteiger partial charge in [-0.15, -0.1) is 0 Å². The van der Waals surface area contributed by atoms with Gasteiger partial charge in [-0.3, -0.25) is 0 Å². The molecule has 0 saturated heterocycles. The van der Waals surface area contributed by atoms with Gasteiger partial charge < -0.3 is 9.84 Å². The molecule has 3 heteroatoms. The fraction of sp³-hybridized carbons (Fsp3) is 0.625. The summed E-state index contributed by atoms with van der Waals surface area (Å²) < 4.78 is 6.02. The quantitative estimate of drug-likeness (QED) is 0.592. The second-order valence-corrected chi connectivity index (χ2v) is 8.72. The van der Waals surface area contributed by atoms with E-state index in [4.69, 9.17) is 4.74 Å². The number of carbonyl (C=O) groups is 1. The van der Waals surface area contributed by atoms with E-state index in [0.29, 0.717) is 35.2 Å². The number of ether oxygens (including phenoxy) is 1. The van der Waals surface area contributed by atoms with E-state index in [1.807, 2.05) is 30.3 Å². The Morgan fingerprint density at radius 2 is 1.89 bits per heavy atom. The molecule has 3 nitrogen and oxygen atoms in total. The summed E-state index contributed by atoms with van der Waals surface area (Å²) in [6.07, 6.45) is 5.21. The van der Waals surface area contributed by atoms with Crippen molar-refractivity contribution in [3.63, 3.8) is 0 Å². The van der Waals surface area contributed by atoms with E-state index >= 15 is 0 Å². The number of hydrogen-bond donors (Lipinski definition) is 1. The van der Waals surface area contributed by atoms with Gasteiger partial charge in [0.1, 0.15) is 6.10 Å². The third-order valence-corrected chi connectivity index (χ3v) is 7.21. The third kappa shape index (κ3) is 3.99. The topological polar surface area (TPSA) is 46.5 Å². The number of aliphatic hydroxyl groups excluding tert-OH is 1. The van der Waals surface area contributed by atoms with Crippen LogP contribution in [0.1, 0.15) is 57.3 Å². The number of carbonyl (C=O) groups excluding carboxylic acids is 1. The summed E-state index contributed by atoms with van der Waals surface area (Å²) in [4.78, 5) is 12.6. The van der Waals surface area contributed by atoms with Gasteiger partial charge in [0.15, 0.2) is 0 Å². The maximum atomic E-state index is 12.6. The maximum absolute atomic E-state index is 12.6. The van der Waals surface area contributed by atoms with Crippen LogP contribution in [0.4, 0.5) is 0 Å². The van der Waals surface area contributed by atoms with Crippen LogP contribution >= 0.6 is 0 Å². The van der Waals surface area contributed by atoms with Crippen molar-refractivity contribution < 1.29 is 14.6 Å². The summed E-state index contributed by atoms with van der Waals surface area (Å²) >= 11 is 0. The van der Waals surface area contributed by atoms with Gasteiger partial charge in [-0.1, -0.05) is 43.7 Å². The zero-order valence-electron chi connectivity index (χ0n) is 17.1. The molecule has 0 unspecified atom stereocenters. The Kier molecular flexibility index (Phi) is 6.41. The molecule has 2 saturated carbocycles. The van der Waals surface area contributed by atoms with E-state index in [9.17, 15) is 9.90 Å². The summed E-state index contributed by atoms with van der Waals surface area (Å²) in [6.45, 7) is 9.12. The number of allylic oxidation sites excluding steroid dienone is 2. The Hall–Kier alpha value is -1.61. The molecular formula is C24H34O3. The summed E-state index contributed by atoms with van der Waals surface area (Å²) in [6, 6.07) is 9.29. The highest BCUT2D eigenvalue weighted by atomic mass is 16.5. The predicted molar refractivity (Wildman–Crippen MR) is 108 cm³/mol.